The quantitative estimate of drug-likeness (QED) is 0.906. The lowest BCUT2D eigenvalue weighted by molar-refractivity contribution is -0.187. The van der Waals surface area contributed by atoms with E-state index in [2.05, 4.69) is 5.10 Å². The molecular formula is C15H11F3N2O2S. The molecule has 0 saturated carbocycles. The van der Waals surface area contributed by atoms with Crippen LogP contribution < -0.4 is 0 Å². The number of phenols is 1. The van der Waals surface area contributed by atoms with Crippen LogP contribution in [-0.4, -0.2) is 27.9 Å². The number of carbonyl (C=O) groups excluding carboxylic acids is 1. The third-order valence-corrected chi connectivity index (χ3v) is 4.38. The number of para-hydroxylation sites is 1. The fraction of sp³-hybridized carbons (Fsp3) is 0.200. The van der Waals surface area contributed by atoms with Gasteiger partial charge in [-0.2, -0.15) is 18.3 Å². The molecule has 120 valence electrons. The zero-order chi connectivity index (χ0) is 16.6. The molecule has 4 nitrogen and oxygen atoms in total. The fourth-order valence-corrected chi connectivity index (χ4v) is 3.15. The van der Waals surface area contributed by atoms with Gasteiger partial charge in [0.2, 0.25) is 0 Å². The molecule has 3 rings (SSSR count). The minimum atomic E-state index is -5.03. The van der Waals surface area contributed by atoms with E-state index in [1.54, 1.807) is 29.6 Å². The third kappa shape index (κ3) is 2.94. The summed E-state index contributed by atoms with van der Waals surface area (Å²) >= 11 is 1.33. The van der Waals surface area contributed by atoms with Gasteiger partial charge < -0.3 is 5.11 Å². The Bertz CT molecular complexity index is 756. The molecule has 0 saturated heterocycles. The van der Waals surface area contributed by atoms with Crippen molar-refractivity contribution in [1.82, 2.24) is 5.01 Å². The molecule has 1 atom stereocenters. The maximum absolute atomic E-state index is 12.8. The molecule has 1 aliphatic rings. The summed E-state index contributed by atoms with van der Waals surface area (Å²) in [6.45, 7) is 0. The number of halogens is 3. The van der Waals surface area contributed by atoms with Crippen LogP contribution in [0.25, 0.3) is 0 Å². The first-order valence-electron chi connectivity index (χ1n) is 6.67. The molecule has 0 radical (unpaired) electrons. The van der Waals surface area contributed by atoms with Crippen LogP contribution in [0.4, 0.5) is 13.2 Å². The first-order chi connectivity index (χ1) is 10.9. The number of alkyl halides is 3. The largest absolute Gasteiger partial charge is 0.508 e. The molecule has 2 heterocycles. The van der Waals surface area contributed by atoms with Gasteiger partial charge in [-0.1, -0.05) is 24.3 Å². The molecule has 2 aromatic rings. The normalized spacial score (nSPS) is 18.1. The summed E-state index contributed by atoms with van der Waals surface area (Å²) < 4.78 is 38.5. The summed E-state index contributed by atoms with van der Waals surface area (Å²) in [7, 11) is 0. The second-order valence-electron chi connectivity index (χ2n) is 4.95. The monoisotopic (exact) mass is 340 g/mol. The Morgan fingerprint density at radius 1 is 1.26 bits per heavy atom. The van der Waals surface area contributed by atoms with Crippen molar-refractivity contribution in [3.05, 3.63) is 52.2 Å². The van der Waals surface area contributed by atoms with Crippen molar-refractivity contribution in [2.45, 2.75) is 18.6 Å². The highest BCUT2D eigenvalue weighted by Gasteiger charge is 2.48. The van der Waals surface area contributed by atoms with Crippen LogP contribution >= 0.6 is 11.3 Å². The van der Waals surface area contributed by atoms with E-state index in [0.717, 1.165) is 0 Å². The molecule has 1 aromatic carbocycles. The summed E-state index contributed by atoms with van der Waals surface area (Å²) in [6, 6.07) is 8.51. The molecule has 0 aliphatic carbocycles. The van der Waals surface area contributed by atoms with Gasteiger partial charge >= 0.3 is 12.1 Å². The Kier molecular flexibility index (Phi) is 3.85. The SMILES string of the molecule is O=C(N1N=C(c2cccs2)C[C@H]1c1ccccc1O)C(F)(F)F. The molecular weight excluding hydrogens is 329 g/mol. The Labute approximate surface area is 133 Å². The Morgan fingerprint density at radius 2 is 2.00 bits per heavy atom. The van der Waals surface area contributed by atoms with E-state index in [4.69, 9.17) is 0 Å². The number of aromatic hydroxyl groups is 1. The predicted molar refractivity (Wildman–Crippen MR) is 79.2 cm³/mol. The highest BCUT2D eigenvalue weighted by molar-refractivity contribution is 7.12. The summed E-state index contributed by atoms with van der Waals surface area (Å²) in [5.74, 6) is -2.21. The number of hydrazone groups is 1. The van der Waals surface area contributed by atoms with E-state index in [0.29, 0.717) is 15.6 Å². The Hall–Kier alpha value is -2.35. The van der Waals surface area contributed by atoms with Gasteiger partial charge in [-0.3, -0.25) is 4.79 Å². The molecule has 0 unspecified atom stereocenters. The fourth-order valence-electron chi connectivity index (χ4n) is 2.43. The van der Waals surface area contributed by atoms with E-state index in [1.807, 2.05) is 0 Å². The van der Waals surface area contributed by atoms with E-state index >= 15 is 0 Å². The average molecular weight is 340 g/mol. The van der Waals surface area contributed by atoms with Crippen LogP contribution in [0, 0.1) is 0 Å². The number of thiophene rings is 1. The predicted octanol–water partition coefficient (Wildman–Crippen LogP) is 3.69. The number of phenolic OH excluding ortho intramolecular Hbond substituents is 1. The van der Waals surface area contributed by atoms with Crippen molar-refractivity contribution in [2.24, 2.45) is 5.10 Å². The molecule has 1 aromatic heterocycles. The zero-order valence-electron chi connectivity index (χ0n) is 11.6. The van der Waals surface area contributed by atoms with Crippen molar-refractivity contribution < 1.29 is 23.1 Å². The first-order valence-corrected chi connectivity index (χ1v) is 7.55. The van der Waals surface area contributed by atoms with Crippen molar-refractivity contribution in [3.63, 3.8) is 0 Å². The topological polar surface area (TPSA) is 52.9 Å². The molecule has 0 spiro atoms. The van der Waals surface area contributed by atoms with Crippen LogP contribution in [0.5, 0.6) is 5.75 Å². The van der Waals surface area contributed by atoms with E-state index in [1.165, 1.54) is 23.5 Å². The van der Waals surface area contributed by atoms with Crippen LogP contribution in [0.3, 0.4) is 0 Å². The highest BCUT2D eigenvalue weighted by atomic mass is 32.1. The Balaban J connectivity index is 2.02. The molecule has 8 heteroatoms. The van der Waals surface area contributed by atoms with Crippen LogP contribution in [0.1, 0.15) is 22.9 Å². The van der Waals surface area contributed by atoms with Crippen molar-refractivity contribution in [3.8, 4) is 5.75 Å². The van der Waals surface area contributed by atoms with E-state index in [-0.39, 0.29) is 17.7 Å². The first kappa shape index (κ1) is 15.5. The van der Waals surface area contributed by atoms with Crippen molar-refractivity contribution >= 4 is 23.0 Å². The average Bonchev–Trinajstić information content (AvgIpc) is 3.15. The van der Waals surface area contributed by atoms with Crippen molar-refractivity contribution in [1.29, 1.82) is 0 Å². The minimum Gasteiger partial charge on any atom is -0.508 e. The van der Waals surface area contributed by atoms with Crippen LogP contribution in [0.2, 0.25) is 0 Å². The van der Waals surface area contributed by atoms with Crippen LogP contribution in [-0.2, 0) is 4.79 Å². The van der Waals surface area contributed by atoms with E-state index in [9.17, 15) is 23.1 Å². The summed E-state index contributed by atoms with van der Waals surface area (Å²) in [4.78, 5) is 12.4. The lowest BCUT2D eigenvalue weighted by Gasteiger charge is -2.23. The number of rotatable bonds is 2. The number of benzene rings is 1. The molecule has 0 fully saturated rings. The number of hydrogen-bond acceptors (Lipinski definition) is 4. The molecule has 1 N–H and O–H groups in total. The second-order valence-corrected chi connectivity index (χ2v) is 5.90. The third-order valence-electron chi connectivity index (χ3n) is 3.46. The maximum atomic E-state index is 12.8. The molecule has 0 bridgehead atoms. The van der Waals surface area contributed by atoms with Gasteiger partial charge in [0.25, 0.3) is 0 Å². The Morgan fingerprint density at radius 3 is 2.61 bits per heavy atom. The number of hydrogen-bond donors (Lipinski definition) is 1. The van der Waals surface area contributed by atoms with Gasteiger partial charge in [0.05, 0.1) is 16.6 Å². The molecule has 1 amide bonds. The number of nitrogens with zero attached hydrogens (tertiary/aromatic N) is 2. The standard InChI is InChI=1S/C15H11F3N2O2S/c16-15(17,18)14(22)20-11(9-4-1-2-5-12(9)21)8-10(19-20)13-6-3-7-23-13/h1-7,11,21H,8H2/t11-/m0/s1. The van der Waals surface area contributed by atoms with Crippen LogP contribution in [0.15, 0.2) is 46.9 Å². The van der Waals surface area contributed by atoms with Gasteiger partial charge in [-0.15, -0.1) is 11.3 Å². The highest BCUT2D eigenvalue weighted by Crippen LogP contribution is 2.39. The van der Waals surface area contributed by atoms with Gasteiger partial charge in [-0.25, -0.2) is 5.01 Å². The lowest BCUT2D eigenvalue weighted by Crippen LogP contribution is -2.38. The summed E-state index contributed by atoms with van der Waals surface area (Å²) in [6.07, 6.45) is -4.92. The minimum absolute atomic E-state index is 0.111. The van der Waals surface area contributed by atoms with Gasteiger partial charge in [0, 0.05) is 12.0 Å². The number of carbonyl (C=O) groups is 1. The smallest absolute Gasteiger partial charge is 0.473 e. The second kappa shape index (κ2) is 5.69. The maximum Gasteiger partial charge on any atom is 0.473 e. The molecule has 1 aliphatic heterocycles. The lowest BCUT2D eigenvalue weighted by atomic mass is 10.00. The molecule has 23 heavy (non-hydrogen) atoms. The zero-order valence-corrected chi connectivity index (χ0v) is 12.4. The van der Waals surface area contributed by atoms with Gasteiger partial charge in [-0.05, 0) is 17.5 Å². The van der Waals surface area contributed by atoms with Gasteiger partial charge in [0.15, 0.2) is 0 Å². The summed E-state index contributed by atoms with van der Waals surface area (Å²) in [5.41, 5.74) is 0.631. The number of amides is 1. The van der Waals surface area contributed by atoms with Gasteiger partial charge in [0.1, 0.15) is 5.75 Å². The van der Waals surface area contributed by atoms with E-state index < -0.39 is 18.1 Å². The van der Waals surface area contributed by atoms with Crippen molar-refractivity contribution in [2.75, 3.05) is 0 Å². The summed E-state index contributed by atoms with van der Waals surface area (Å²) in [5, 5.41) is 16.0.